The molecular formula is C15H20N2OS. The summed E-state index contributed by atoms with van der Waals surface area (Å²) in [6.45, 7) is 2.84. The maximum Gasteiger partial charge on any atom is 0.237 e. The van der Waals surface area contributed by atoms with Crippen LogP contribution in [0.2, 0.25) is 0 Å². The molecule has 1 amide bonds. The summed E-state index contributed by atoms with van der Waals surface area (Å²) in [5, 5.41) is 6.60. The first-order chi connectivity index (χ1) is 9.22. The molecule has 0 bridgehead atoms. The van der Waals surface area contributed by atoms with Crippen LogP contribution in [0.5, 0.6) is 0 Å². The Balaban J connectivity index is 1.67. The maximum atomic E-state index is 11.7. The van der Waals surface area contributed by atoms with Crippen LogP contribution in [0.25, 0.3) is 0 Å². The van der Waals surface area contributed by atoms with E-state index in [1.165, 1.54) is 36.1 Å². The van der Waals surface area contributed by atoms with E-state index < -0.39 is 0 Å². The standard InChI is InChI=1S/C15H20N2OS/c1-10-15(18)17-13-8-11(6-7-14(13)19-10)9-16-12-4-2-3-5-12/h6-8,10,12,16H,2-5,9H2,1H3,(H,17,18). The highest BCUT2D eigenvalue weighted by Crippen LogP contribution is 2.35. The molecule has 1 atom stereocenters. The third-order valence-electron chi connectivity index (χ3n) is 3.92. The van der Waals surface area contributed by atoms with Gasteiger partial charge >= 0.3 is 0 Å². The average molecular weight is 276 g/mol. The van der Waals surface area contributed by atoms with Crippen molar-refractivity contribution in [2.45, 2.75) is 55.3 Å². The highest BCUT2D eigenvalue weighted by Gasteiger charge is 2.23. The molecule has 1 aromatic carbocycles. The number of benzene rings is 1. The molecule has 1 aromatic rings. The van der Waals surface area contributed by atoms with Crippen LogP contribution >= 0.6 is 11.8 Å². The van der Waals surface area contributed by atoms with Crippen LogP contribution in [-0.4, -0.2) is 17.2 Å². The van der Waals surface area contributed by atoms with Gasteiger partial charge in [-0.3, -0.25) is 4.79 Å². The molecule has 2 aliphatic rings. The molecule has 1 aliphatic carbocycles. The molecule has 1 fully saturated rings. The second-order valence-electron chi connectivity index (χ2n) is 5.44. The van der Waals surface area contributed by atoms with Crippen molar-refractivity contribution in [3.8, 4) is 0 Å². The molecule has 3 rings (SSSR count). The monoisotopic (exact) mass is 276 g/mol. The van der Waals surface area contributed by atoms with Crippen LogP contribution < -0.4 is 10.6 Å². The fraction of sp³-hybridized carbons (Fsp3) is 0.533. The second kappa shape index (κ2) is 5.55. The number of anilines is 1. The maximum absolute atomic E-state index is 11.7. The Hall–Kier alpha value is -1.00. The Labute approximate surface area is 118 Å². The summed E-state index contributed by atoms with van der Waals surface area (Å²) in [6.07, 6.45) is 5.31. The summed E-state index contributed by atoms with van der Waals surface area (Å²) in [5.41, 5.74) is 2.22. The second-order valence-corrected chi connectivity index (χ2v) is 6.82. The average Bonchev–Trinajstić information content (AvgIpc) is 2.91. The van der Waals surface area contributed by atoms with Gasteiger partial charge in [-0.25, -0.2) is 0 Å². The molecule has 0 spiro atoms. The Morgan fingerprint density at radius 1 is 1.37 bits per heavy atom. The van der Waals surface area contributed by atoms with Gasteiger partial charge in [-0.05, 0) is 37.5 Å². The van der Waals surface area contributed by atoms with E-state index in [0.717, 1.165) is 12.2 Å². The number of nitrogens with one attached hydrogen (secondary N) is 2. The number of carbonyl (C=O) groups excluding carboxylic acids is 1. The zero-order valence-corrected chi connectivity index (χ0v) is 12.1. The summed E-state index contributed by atoms with van der Waals surface area (Å²) in [5.74, 6) is 0.110. The van der Waals surface area contributed by atoms with E-state index in [1.807, 2.05) is 6.92 Å². The third-order valence-corrected chi connectivity index (χ3v) is 5.10. The van der Waals surface area contributed by atoms with E-state index >= 15 is 0 Å². The van der Waals surface area contributed by atoms with Crippen molar-refractivity contribution >= 4 is 23.4 Å². The van der Waals surface area contributed by atoms with Crippen LogP contribution in [0.15, 0.2) is 23.1 Å². The molecule has 1 saturated carbocycles. The van der Waals surface area contributed by atoms with Gasteiger partial charge in [0.25, 0.3) is 0 Å². The Kier molecular flexibility index (Phi) is 3.80. The van der Waals surface area contributed by atoms with Crippen LogP contribution in [0.4, 0.5) is 5.69 Å². The smallest absolute Gasteiger partial charge is 0.237 e. The zero-order chi connectivity index (χ0) is 13.2. The van der Waals surface area contributed by atoms with Gasteiger partial charge in [-0.2, -0.15) is 0 Å². The summed E-state index contributed by atoms with van der Waals surface area (Å²) in [7, 11) is 0. The van der Waals surface area contributed by atoms with E-state index in [0.29, 0.717) is 6.04 Å². The number of fused-ring (bicyclic) bond motifs is 1. The van der Waals surface area contributed by atoms with Gasteiger partial charge in [0.2, 0.25) is 5.91 Å². The van der Waals surface area contributed by atoms with Crippen LogP contribution in [-0.2, 0) is 11.3 Å². The number of carbonyl (C=O) groups is 1. The van der Waals surface area contributed by atoms with E-state index in [2.05, 4.69) is 28.8 Å². The quantitative estimate of drug-likeness (QED) is 0.891. The zero-order valence-electron chi connectivity index (χ0n) is 11.2. The summed E-state index contributed by atoms with van der Waals surface area (Å²) in [4.78, 5) is 12.9. The molecular weight excluding hydrogens is 256 g/mol. The van der Waals surface area contributed by atoms with Crippen LogP contribution in [0.3, 0.4) is 0 Å². The molecule has 4 heteroatoms. The van der Waals surface area contributed by atoms with E-state index in [4.69, 9.17) is 0 Å². The fourth-order valence-corrected chi connectivity index (χ4v) is 3.69. The molecule has 102 valence electrons. The molecule has 2 N–H and O–H groups in total. The lowest BCUT2D eigenvalue weighted by atomic mass is 10.1. The minimum Gasteiger partial charge on any atom is -0.324 e. The molecule has 0 aromatic heterocycles. The largest absolute Gasteiger partial charge is 0.324 e. The number of hydrogen-bond acceptors (Lipinski definition) is 3. The lowest BCUT2D eigenvalue weighted by molar-refractivity contribution is -0.115. The Morgan fingerprint density at radius 2 is 2.16 bits per heavy atom. The van der Waals surface area contributed by atoms with Gasteiger partial charge in [-0.1, -0.05) is 18.9 Å². The summed E-state index contributed by atoms with van der Waals surface area (Å²) < 4.78 is 0. The minimum atomic E-state index is 0.00923. The Morgan fingerprint density at radius 3 is 2.95 bits per heavy atom. The van der Waals surface area contributed by atoms with Crippen LogP contribution in [0.1, 0.15) is 38.2 Å². The van der Waals surface area contributed by atoms with E-state index in [9.17, 15) is 4.79 Å². The van der Waals surface area contributed by atoms with Crippen molar-refractivity contribution in [3.05, 3.63) is 23.8 Å². The molecule has 1 aliphatic heterocycles. The first-order valence-electron chi connectivity index (χ1n) is 7.06. The Bertz CT molecular complexity index is 483. The number of amides is 1. The predicted molar refractivity (Wildman–Crippen MR) is 79.5 cm³/mol. The summed E-state index contributed by atoms with van der Waals surface area (Å²) in [6, 6.07) is 7.08. The van der Waals surface area contributed by atoms with E-state index in [1.54, 1.807) is 11.8 Å². The fourth-order valence-electron chi connectivity index (χ4n) is 2.76. The summed E-state index contributed by atoms with van der Waals surface area (Å²) >= 11 is 1.64. The number of rotatable bonds is 3. The molecule has 19 heavy (non-hydrogen) atoms. The van der Waals surface area contributed by atoms with E-state index in [-0.39, 0.29) is 11.2 Å². The highest BCUT2D eigenvalue weighted by molar-refractivity contribution is 8.00. The minimum absolute atomic E-state index is 0.00923. The molecule has 1 unspecified atom stereocenters. The third kappa shape index (κ3) is 2.95. The predicted octanol–water partition coefficient (Wildman–Crippen LogP) is 3.15. The van der Waals surface area contributed by atoms with Crippen molar-refractivity contribution in [3.63, 3.8) is 0 Å². The van der Waals surface area contributed by atoms with Gasteiger partial charge in [0.05, 0.1) is 10.9 Å². The highest BCUT2D eigenvalue weighted by atomic mass is 32.2. The van der Waals surface area contributed by atoms with Gasteiger partial charge < -0.3 is 10.6 Å². The lowest BCUT2D eigenvalue weighted by Crippen LogP contribution is -2.27. The van der Waals surface area contributed by atoms with Gasteiger partial charge in [-0.15, -0.1) is 11.8 Å². The first-order valence-corrected chi connectivity index (χ1v) is 7.94. The van der Waals surface area contributed by atoms with Crippen molar-refractivity contribution in [2.24, 2.45) is 0 Å². The topological polar surface area (TPSA) is 41.1 Å². The first kappa shape index (κ1) is 13.0. The molecule has 1 heterocycles. The lowest BCUT2D eigenvalue weighted by Gasteiger charge is -2.22. The number of thioether (sulfide) groups is 1. The van der Waals surface area contributed by atoms with Gasteiger partial charge in [0.1, 0.15) is 0 Å². The van der Waals surface area contributed by atoms with Gasteiger partial charge in [0, 0.05) is 17.5 Å². The van der Waals surface area contributed by atoms with Crippen LogP contribution in [0, 0.1) is 0 Å². The van der Waals surface area contributed by atoms with Gasteiger partial charge in [0.15, 0.2) is 0 Å². The van der Waals surface area contributed by atoms with Crippen molar-refractivity contribution in [1.29, 1.82) is 0 Å². The van der Waals surface area contributed by atoms with Crippen molar-refractivity contribution in [2.75, 3.05) is 5.32 Å². The SMILES string of the molecule is CC1Sc2ccc(CNC3CCCC3)cc2NC1=O. The van der Waals surface area contributed by atoms with Crippen molar-refractivity contribution < 1.29 is 4.79 Å². The normalized spacial score (nSPS) is 23.2. The number of hydrogen-bond donors (Lipinski definition) is 2. The molecule has 0 saturated heterocycles. The molecule has 0 radical (unpaired) electrons. The van der Waals surface area contributed by atoms with Crippen molar-refractivity contribution in [1.82, 2.24) is 5.32 Å². The molecule has 3 nitrogen and oxygen atoms in total.